The Kier molecular flexibility index (Phi) is 10.7. The molecule has 0 aromatic carbocycles. The zero-order valence-electron chi connectivity index (χ0n) is 17.4. The van der Waals surface area contributed by atoms with Crippen molar-refractivity contribution in [3.05, 3.63) is 44.6 Å². The number of halogens is 1. The predicted octanol–water partition coefficient (Wildman–Crippen LogP) is 4.45. The van der Waals surface area contributed by atoms with Crippen molar-refractivity contribution in [2.45, 2.75) is 64.1 Å². The topological polar surface area (TPSA) is 77.8 Å². The minimum absolute atomic E-state index is 0.0462. The van der Waals surface area contributed by atoms with Crippen molar-refractivity contribution < 1.29 is 20.1 Å². The number of unbranched alkanes of at least 4 members (excludes halogenated alkanes) is 1. The molecule has 0 amide bonds. The fraction of sp³-hybridized carbons (Fsp3) is 0.565. The van der Waals surface area contributed by atoms with E-state index >= 15 is 0 Å². The van der Waals surface area contributed by atoms with Crippen LogP contribution in [0.25, 0.3) is 0 Å². The molecule has 4 nitrogen and oxygen atoms in total. The van der Waals surface area contributed by atoms with Gasteiger partial charge in [0.1, 0.15) is 0 Å². The number of carboxylic acids is 1. The molecule has 0 aliphatic heterocycles. The molecule has 1 aromatic heterocycles. The summed E-state index contributed by atoms with van der Waals surface area (Å²) in [5.74, 6) is 1.10. The Morgan fingerprint density at radius 3 is 2.83 bits per heavy atom. The molecule has 7 heteroatoms. The summed E-state index contributed by atoms with van der Waals surface area (Å²) in [7, 11) is 5.82. The quantitative estimate of drug-likeness (QED) is 0.228. The molecule has 1 aliphatic carbocycles. The first-order chi connectivity index (χ1) is 14.3. The first kappa shape index (κ1) is 25.2. The van der Waals surface area contributed by atoms with Gasteiger partial charge in [0.2, 0.25) is 0 Å². The van der Waals surface area contributed by atoms with E-state index in [-0.39, 0.29) is 24.2 Å². The van der Waals surface area contributed by atoms with Gasteiger partial charge in [-0.3, -0.25) is 0 Å². The van der Waals surface area contributed by atoms with Crippen LogP contribution in [-0.4, -0.2) is 47.0 Å². The third-order valence-corrected chi connectivity index (χ3v) is 7.93. The third kappa shape index (κ3) is 7.91. The number of aliphatic hydroxyl groups is 2. The van der Waals surface area contributed by atoms with Crippen LogP contribution >= 0.6 is 27.3 Å². The van der Waals surface area contributed by atoms with E-state index in [0.29, 0.717) is 25.7 Å². The molecule has 1 aliphatic rings. The number of carbonyl (C=O) groups is 1. The van der Waals surface area contributed by atoms with Gasteiger partial charge in [-0.25, -0.2) is 0 Å². The maximum absolute atomic E-state index is 10.6. The van der Waals surface area contributed by atoms with Crippen molar-refractivity contribution in [3.8, 4) is 0 Å². The fourth-order valence-corrected chi connectivity index (χ4v) is 5.63. The Balaban J connectivity index is 1.89. The molecular formula is C23H31BBrO4S. The molecule has 30 heavy (non-hydrogen) atoms. The zero-order chi connectivity index (χ0) is 22.1. The van der Waals surface area contributed by atoms with Crippen molar-refractivity contribution in [2.75, 3.05) is 0 Å². The van der Waals surface area contributed by atoms with Crippen LogP contribution in [0.15, 0.2) is 34.8 Å². The van der Waals surface area contributed by atoms with Crippen LogP contribution in [0.2, 0.25) is 0 Å². The monoisotopic (exact) mass is 493 g/mol. The summed E-state index contributed by atoms with van der Waals surface area (Å²) in [4.78, 5) is 13.1. The standard InChI is InChI=1S/C23H31BBrO4S/c1-15-21(25)13-18(30-15)10-8-17(26)9-11-19-16(14-24)12-22(27)20(19)6-4-2-3-5-7-23(28)29/h2,4,9,11,13-14,16-17,19-20,22,26-27H,3,5-8,10,12H2,1H3,(H,28,29)/b4-2-,11-9+/t16?,17-,19-,20+,22?/m0/s1. The average molecular weight is 494 g/mol. The van der Waals surface area contributed by atoms with E-state index in [1.807, 2.05) is 24.3 Å². The second-order valence-corrected chi connectivity index (χ2v) is 10.2. The molecular weight excluding hydrogens is 463 g/mol. The maximum atomic E-state index is 10.6. The number of thiophene rings is 1. The van der Waals surface area contributed by atoms with Crippen molar-refractivity contribution in [2.24, 2.45) is 17.8 Å². The van der Waals surface area contributed by atoms with Crippen LogP contribution in [0.5, 0.6) is 0 Å². The summed E-state index contributed by atoms with van der Waals surface area (Å²) < 4.78 is 1.12. The molecule has 0 spiro atoms. The van der Waals surface area contributed by atoms with E-state index < -0.39 is 18.2 Å². The number of rotatable bonds is 12. The summed E-state index contributed by atoms with van der Waals surface area (Å²) >= 11 is 5.27. The number of carboxylic acid groups (broad SMARTS) is 1. The molecule has 1 saturated carbocycles. The van der Waals surface area contributed by atoms with E-state index in [2.05, 4.69) is 28.9 Å². The molecule has 0 saturated heterocycles. The van der Waals surface area contributed by atoms with E-state index in [0.717, 1.165) is 17.3 Å². The molecule has 1 radical (unpaired) electrons. The first-order valence-corrected chi connectivity index (χ1v) is 12.1. The van der Waals surface area contributed by atoms with Gasteiger partial charge in [-0.1, -0.05) is 0 Å². The van der Waals surface area contributed by atoms with Gasteiger partial charge in [-0.05, 0) is 0 Å². The van der Waals surface area contributed by atoms with E-state index in [1.54, 1.807) is 17.3 Å². The molecule has 2 rings (SSSR count). The second kappa shape index (κ2) is 12.7. The molecule has 5 atom stereocenters. The van der Waals surface area contributed by atoms with Crippen molar-refractivity contribution in [1.29, 1.82) is 0 Å². The Morgan fingerprint density at radius 1 is 1.43 bits per heavy atom. The second-order valence-electron chi connectivity index (χ2n) is 8.00. The Morgan fingerprint density at radius 2 is 2.20 bits per heavy atom. The van der Waals surface area contributed by atoms with Gasteiger partial charge in [0.05, 0.1) is 0 Å². The molecule has 3 N–H and O–H groups in total. The van der Waals surface area contributed by atoms with Crippen LogP contribution in [0, 0.1) is 24.7 Å². The molecule has 163 valence electrons. The SMILES string of the molecule is [B]=CC1CC(O)[C@H](C/C=C\CCCC(=O)O)[C@H]1/C=C/[C@@H](O)CCc1cc(Br)c(C)s1. The van der Waals surface area contributed by atoms with Crippen molar-refractivity contribution in [1.82, 2.24) is 0 Å². The van der Waals surface area contributed by atoms with Gasteiger partial charge in [0, 0.05) is 0 Å². The summed E-state index contributed by atoms with van der Waals surface area (Å²) in [6.45, 7) is 2.07. The number of aliphatic hydroxyl groups excluding tert-OH is 2. The Hall–Kier alpha value is -1.02. The molecule has 2 unspecified atom stereocenters. The first-order valence-electron chi connectivity index (χ1n) is 10.5. The van der Waals surface area contributed by atoms with Gasteiger partial charge in [-0.15, -0.1) is 0 Å². The van der Waals surface area contributed by atoms with Crippen LogP contribution in [0.1, 0.15) is 48.3 Å². The number of aryl methyl sites for hydroxylation is 2. The van der Waals surface area contributed by atoms with E-state index in [9.17, 15) is 15.0 Å². The molecule has 1 fully saturated rings. The molecule has 0 bridgehead atoms. The summed E-state index contributed by atoms with van der Waals surface area (Å²) in [6, 6.07) is 2.11. The average Bonchev–Trinajstić information content (AvgIpc) is 3.19. The molecule has 1 aromatic rings. The zero-order valence-corrected chi connectivity index (χ0v) is 19.8. The summed E-state index contributed by atoms with van der Waals surface area (Å²) in [5, 5.41) is 29.6. The number of hydrogen-bond donors (Lipinski definition) is 3. The number of aliphatic carboxylic acids is 1. The normalized spacial score (nSPS) is 25.3. The van der Waals surface area contributed by atoms with Crippen molar-refractivity contribution >= 4 is 46.7 Å². The van der Waals surface area contributed by atoms with E-state index in [4.69, 9.17) is 12.6 Å². The van der Waals surface area contributed by atoms with Crippen LogP contribution in [0.4, 0.5) is 0 Å². The van der Waals surface area contributed by atoms with Gasteiger partial charge >= 0.3 is 193 Å². The fourth-order valence-electron chi connectivity index (χ4n) is 4.02. The van der Waals surface area contributed by atoms with E-state index in [1.165, 1.54) is 9.75 Å². The van der Waals surface area contributed by atoms with Crippen LogP contribution < -0.4 is 0 Å². The van der Waals surface area contributed by atoms with Crippen LogP contribution in [-0.2, 0) is 11.2 Å². The van der Waals surface area contributed by atoms with Crippen LogP contribution in [0.3, 0.4) is 0 Å². The third-order valence-electron chi connectivity index (χ3n) is 5.73. The number of allylic oxidation sites excluding steroid dienone is 3. The predicted molar refractivity (Wildman–Crippen MR) is 128 cm³/mol. The Bertz CT molecular complexity index is 741. The van der Waals surface area contributed by atoms with Gasteiger partial charge in [0.15, 0.2) is 0 Å². The minimum atomic E-state index is -0.776. The van der Waals surface area contributed by atoms with Gasteiger partial charge < -0.3 is 0 Å². The van der Waals surface area contributed by atoms with Crippen molar-refractivity contribution in [3.63, 3.8) is 0 Å². The van der Waals surface area contributed by atoms with Gasteiger partial charge in [-0.2, -0.15) is 0 Å². The van der Waals surface area contributed by atoms with Gasteiger partial charge in [0.25, 0.3) is 0 Å². The summed E-state index contributed by atoms with van der Waals surface area (Å²) in [6.07, 6.45) is 11.3. The summed E-state index contributed by atoms with van der Waals surface area (Å²) in [5.41, 5.74) is 0. The molecule has 1 heterocycles. The Labute approximate surface area is 192 Å². The number of hydrogen-bond acceptors (Lipinski definition) is 4.